The molecule has 0 unspecified atom stereocenters. The lowest BCUT2D eigenvalue weighted by atomic mass is 10.1. The van der Waals surface area contributed by atoms with Crippen molar-refractivity contribution in [3.8, 4) is 34.3 Å². The van der Waals surface area contributed by atoms with Gasteiger partial charge in [0.1, 0.15) is 11.5 Å². The summed E-state index contributed by atoms with van der Waals surface area (Å²) in [7, 11) is 4.88. The van der Waals surface area contributed by atoms with Crippen LogP contribution < -0.4 is 24.3 Å². The molecular formula is C20H19N3O5. The SMILES string of the molecule is COc1ccc(OC)c(NC(=O)c2cc(-c3ccc4c(c3)OCO4)n(C)n2)c1. The van der Waals surface area contributed by atoms with E-state index in [1.807, 2.05) is 18.2 Å². The van der Waals surface area contributed by atoms with E-state index < -0.39 is 0 Å². The molecule has 1 aliphatic heterocycles. The number of amides is 1. The molecule has 0 bridgehead atoms. The predicted octanol–water partition coefficient (Wildman–Crippen LogP) is 3.09. The van der Waals surface area contributed by atoms with Gasteiger partial charge in [-0.25, -0.2) is 0 Å². The lowest BCUT2D eigenvalue weighted by Crippen LogP contribution is -2.13. The first kappa shape index (κ1) is 17.7. The monoisotopic (exact) mass is 381 g/mol. The normalized spacial score (nSPS) is 12.0. The molecule has 4 rings (SSSR count). The number of benzene rings is 2. The average Bonchev–Trinajstić information content (AvgIpc) is 3.33. The number of rotatable bonds is 5. The van der Waals surface area contributed by atoms with E-state index in [0.29, 0.717) is 28.7 Å². The maximum absolute atomic E-state index is 12.7. The van der Waals surface area contributed by atoms with E-state index in [9.17, 15) is 4.79 Å². The number of nitrogens with one attached hydrogen (secondary N) is 1. The van der Waals surface area contributed by atoms with Gasteiger partial charge in [0.2, 0.25) is 6.79 Å². The highest BCUT2D eigenvalue weighted by atomic mass is 16.7. The highest BCUT2D eigenvalue weighted by Gasteiger charge is 2.19. The van der Waals surface area contributed by atoms with E-state index >= 15 is 0 Å². The van der Waals surface area contributed by atoms with Crippen LogP contribution in [0.15, 0.2) is 42.5 Å². The second-order valence-corrected chi connectivity index (χ2v) is 6.13. The first-order valence-corrected chi connectivity index (χ1v) is 8.56. The highest BCUT2D eigenvalue weighted by molar-refractivity contribution is 6.04. The molecule has 8 heteroatoms. The second kappa shape index (κ2) is 7.15. The third-order valence-corrected chi connectivity index (χ3v) is 4.44. The number of carbonyl (C=O) groups excluding carboxylic acids is 1. The zero-order valence-electron chi connectivity index (χ0n) is 15.7. The number of ether oxygens (including phenoxy) is 4. The average molecular weight is 381 g/mol. The molecule has 0 spiro atoms. The predicted molar refractivity (Wildman–Crippen MR) is 102 cm³/mol. The van der Waals surface area contributed by atoms with Gasteiger partial charge in [-0.2, -0.15) is 5.10 Å². The van der Waals surface area contributed by atoms with Gasteiger partial charge >= 0.3 is 0 Å². The molecule has 0 radical (unpaired) electrons. The van der Waals surface area contributed by atoms with Gasteiger partial charge in [-0.3, -0.25) is 9.48 Å². The Kier molecular flexibility index (Phi) is 4.52. The molecule has 1 amide bonds. The number of anilines is 1. The van der Waals surface area contributed by atoms with Gasteiger partial charge < -0.3 is 24.3 Å². The molecule has 1 aliphatic rings. The first-order chi connectivity index (χ1) is 13.6. The Morgan fingerprint density at radius 1 is 1.07 bits per heavy atom. The smallest absolute Gasteiger partial charge is 0.276 e. The molecule has 0 atom stereocenters. The Balaban J connectivity index is 1.61. The van der Waals surface area contributed by atoms with Gasteiger partial charge in [0, 0.05) is 18.7 Å². The molecule has 0 saturated carbocycles. The lowest BCUT2D eigenvalue weighted by molar-refractivity contribution is 0.102. The zero-order chi connectivity index (χ0) is 19.7. The van der Waals surface area contributed by atoms with Crippen molar-refractivity contribution in [3.05, 3.63) is 48.2 Å². The van der Waals surface area contributed by atoms with Gasteiger partial charge in [0.15, 0.2) is 17.2 Å². The fourth-order valence-electron chi connectivity index (χ4n) is 3.00. The van der Waals surface area contributed by atoms with Crippen molar-refractivity contribution in [1.29, 1.82) is 0 Å². The molecule has 144 valence electrons. The third-order valence-electron chi connectivity index (χ3n) is 4.44. The van der Waals surface area contributed by atoms with Gasteiger partial charge in [-0.1, -0.05) is 0 Å². The largest absolute Gasteiger partial charge is 0.497 e. The maximum atomic E-state index is 12.7. The van der Waals surface area contributed by atoms with Crippen LogP contribution in [0.3, 0.4) is 0 Å². The zero-order valence-corrected chi connectivity index (χ0v) is 15.7. The van der Waals surface area contributed by atoms with Crippen molar-refractivity contribution in [1.82, 2.24) is 9.78 Å². The van der Waals surface area contributed by atoms with Crippen LogP contribution in [0, 0.1) is 0 Å². The molecule has 2 aromatic carbocycles. The maximum Gasteiger partial charge on any atom is 0.276 e. The van der Waals surface area contributed by atoms with Crippen LogP contribution >= 0.6 is 0 Å². The molecular weight excluding hydrogens is 362 g/mol. The summed E-state index contributed by atoms with van der Waals surface area (Å²) in [6, 6.07) is 12.5. The highest BCUT2D eigenvalue weighted by Crippen LogP contribution is 2.36. The summed E-state index contributed by atoms with van der Waals surface area (Å²) in [5.41, 5.74) is 2.43. The summed E-state index contributed by atoms with van der Waals surface area (Å²) in [6.07, 6.45) is 0. The fourth-order valence-corrected chi connectivity index (χ4v) is 3.00. The summed E-state index contributed by atoms with van der Waals surface area (Å²) >= 11 is 0. The number of hydrogen-bond acceptors (Lipinski definition) is 6. The molecule has 0 aliphatic carbocycles. The van der Waals surface area contributed by atoms with Crippen LogP contribution in [-0.4, -0.2) is 36.7 Å². The third kappa shape index (κ3) is 3.20. The van der Waals surface area contributed by atoms with Crippen molar-refractivity contribution in [2.24, 2.45) is 7.05 Å². The van der Waals surface area contributed by atoms with Gasteiger partial charge in [-0.15, -0.1) is 0 Å². The van der Waals surface area contributed by atoms with Gasteiger partial charge in [0.05, 0.1) is 25.6 Å². The molecule has 8 nitrogen and oxygen atoms in total. The Morgan fingerprint density at radius 3 is 2.68 bits per heavy atom. The van der Waals surface area contributed by atoms with Crippen molar-refractivity contribution < 1.29 is 23.7 Å². The van der Waals surface area contributed by atoms with E-state index in [0.717, 1.165) is 11.3 Å². The molecule has 0 fully saturated rings. The Morgan fingerprint density at radius 2 is 1.89 bits per heavy atom. The minimum atomic E-state index is -0.353. The fraction of sp³-hybridized carbons (Fsp3) is 0.200. The number of nitrogens with zero attached hydrogens (tertiary/aromatic N) is 2. The summed E-state index contributed by atoms with van der Waals surface area (Å²) < 4.78 is 22.9. The summed E-state index contributed by atoms with van der Waals surface area (Å²) in [4.78, 5) is 12.7. The van der Waals surface area contributed by atoms with Crippen LogP contribution in [0.25, 0.3) is 11.3 Å². The number of methoxy groups -OCH3 is 2. The van der Waals surface area contributed by atoms with E-state index in [4.69, 9.17) is 18.9 Å². The molecule has 1 aromatic heterocycles. The van der Waals surface area contributed by atoms with Crippen molar-refractivity contribution in [2.45, 2.75) is 0 Å². The minimum absolute atomic E-state index is 0.209. The van der Waals surface area contributed by atoms with Gasteiger partial charge in [-0.05, 0) is 36.4 Å². The van der Waals surface area contributed by atoms with E-state index in [-0.39, 0.29) is 18.4 Å². The minimum Gasteiger partial charge on any atom is -0.497 e. The Labute approximate surface area is 161 Å². The van der Waals surface area contributed by atoms with Crippen molar-refractivity contribution in [2.75, 3.05) is 26.3 Å². The molecule has 1 N–H and O–H groups in total. The summed E-state index contributed by atoms with van der Waals surface area (Å²) in [5.74, 6) is 2.16. The van der Waals surface area contributed by atoms with Crippen LogP contribution in [0.1, 0.15) is 10.5 Å². The first-order valence-electron chi connectivity index (χ1n) is 8.56. The molecule has 2 heterocycles. The van der Waals surface area contributed by atoms with Crippen LogP contribution in [0.2, 0.25) is 0 Å². The topological polar surface area (TPSA) is 83.8 Å². The van der Waals surface area contributed by atoms with Gasteiger partial charge in [0.25, 0.3) is 5.91 Å². The van der Waals surface area contributed by atoms with E-state index in [1.165, 1.54) is 7.11 Å². The summed E-state index contributed by atoms with van der Waals surface area (Å²) in [6.45, 7) is 0.209. The number of fused-ring (bicyclic) bond motifs is 1. The van der Waals surface area contributed by atoms with Crippen LogP contribution in [0.5, 0.6) is 23.0 Å². The molecule has 3 aromatic rings. The van der Waals surface area contributed by atoms with Crippen LogP contribution in [0.4, 0.5) is 5.69 Å². The lowest BCUT2D eigenvalue weighted by Gasteiger charge is -2.10. The van der Waals surface area contributed by atoms with E-state index in [1.54, 1.807) is 43.1 Å². The number of aromatic nitrogens is 2. The number of aryl methyl sites for hydroxylation is 1. The molecule has 28 heavy (non-hydrogen) atoms. The van der Waals surface area contributed by atoms with Crippen LogP contribution in [-0.2, 0) is 7.05 Å². The number of hydrogen-bond donors (Lipinski definition) is 1. The van der Waals surface area contributed by atoms with Crippen molar-refractivity contribution in [3.63, 3.8) is 0 Å². The van der Waals surface area contributed by atoms with Crippen molar-refractivity contribution >= 4 is 11.6 Å². The standard InChI is InChI=1S/C20H19N3O5/c1-23-16(12-4-6-18-19(8-12)28-11-27-18)10-15(22-23)20(24)21-14-9-13(25-2)5-7-17(14)26-3/h4-10H,11H2,1-3H3,(H,21,24). The quantitative estimate of drug-likeness (QED) is 0.731. The van der Waals surface area contributed by atoms with E-state index in [2.05, 4.69) is 10.4 Å². The number of carbonyl (C=O) groups is 1. The molecule has 0 saturated heterocycles. The summed E-state index contributed by atoms with van der Waals surface area (Å²) in [5, 5.41) is 7.16. The second-order valence-electron chi connectivity index (χ2n) is 6.13. The Hall–Kier alpha value is -3.68. The Bertz CT molecular complexity index is 1040.